The molecule has 1 aromatic heterocycles. The average Bonchev–Trinajstić information content (AvgIpc) is 3.28. The predicted octanol–water partition coefficient (Wildman–Crippen LogP) is -0.400. The van der Waals surface area contributed by atoms with Crippen LogP contribution in [0.25, 0.3) is 0 Å². The first-order valence-electron chi connectivity index (χ1n) is 8.85. The van der Waals surface area contributed by atoms with E-state index in [1.54, 1.807) is 21.9 Å². The summed E-state index contributed by atoms with van der Waals surface area (Å²) in [5.41, 5.74) is 0. The number of rotatable bonds is 4. The van der Waals surface area contributed by atoms with Gasteiger partial charge >= 0.3 is 0 Å². The van der Waals surface area contributed by atoms with Gasteiger partial charge in [-0.05, 0) is 18.6 Å². The van der Waals surface area contributed by atoms with Gasteiger partial charge < -0.3 is 19.1 Å². The fourth-order valence-corrected chi connectivity index (χ4v) is 5.21. The highest BCUT2D eigenvalue weighted by Crippen LogP contribution is 2.18. The summed E-state index contributed by atoms with van der Waals surface area (Å²) in [5, 5.41) is 0. The summed E-state index contributed by atoms with van der Waals surface area (Å²) in [6.07, 6.45) is 1.80. The van der Waals surface area contributed by atoms with Crippen LogP contribution in [0.2, 0.25) is 0 Å². The Morgan fingerprint density at radius 3 is 2.37 bits per heavy atom. The maximum atomic E-state index is 12.6. The molecule has 27 heavy (non-hydrogen) atoms. The molecule has 0 radical (unpaired) electrons. The van der Waals surface area contributed by atoms with Gasteiger partial charge in [0.05, 0.1) is 17.8 Å². The van der Waals surface area contributed by atoms with Crippen LogP contribution in [0, 0.1) is 0 Å². The molecule has 0 aromatic carbocycles. The number of amides is 3. The zero-order chi connectivity index (χ0) is 19.6. The van der Waals surface area contributed by atoms with Crippen molar-refractivity contribution >= 4 is 27.6 Å². The van der Waals surface area contributed by atoms with E-state index >= 15 is 0 Å². The summed E-state index contributed by atoms with van der Waals surface area (Å²) in [7, 11) is -3.14. The topological polar surface area (TPSA) is 108 Å². The van der Waals surface area contributed by atoms with Crippen molar-refractivity contribution in [2.24, 2.45) is 0 Å². The Labute approximate surface area is 157 Å². The van der Waals surface area contributed by atoms with Crippen molar-refractivity contribution in [1.29, 1.82) is 0 Å². The predicted molar refractivity (Wildman–Crippen MR) is 95.6 cm³/mol. The lowest BCUT2D eigenvalue weighted by molar-refractivity contribution is -0.141. The molecule has 9 nitrogen and oxygen atoms in total. The molecule has 0 spiro atoms. The van der Waals surface area contributed by atoms with E-state index in [1.807, 2.05) is 0 Å². The second-order valence-corrected chi connectivity index (χ2v) is 9.08. The third-order valence-corrected chi connectivity index (χ3v) is 6.76. The van der Waals surface area contributed by atoms with Crippen molar-refractivity contribution in [1.82, 2.24) is 14.7 Å². The molecule has 10 heteroatoms. The summed E-state index contributed by atoms with van der Waals surface area (Å²) < 4.78 is 28.5. The van der Waals surface area contributed by atoms with Crippen LogP contribution in [-0.2, 0) is 19.4 Å². The number of furan rings is 1. The molecule has 2 aliphatic rings. The first-order chi connectivity index (χ1) is 12.8. The number of piperazine rings is 1. The lowest BCUT2D eigenvalue weighted by Crippen LogP contribution is -2.54. The molecule has 3 rings (SSSR count). The van der Waals surface area contributed by atoms with E-state index in [0.29, 0.717) is 32.6 Å². The average molecular weight is 397 g/mol. The van der Waals surface area contributed by atoms with E-state index in [-0.39, 0.29) is 41.5 Å². The number of nitrogens with zero attached hydrogens (tertiary/aromatic N) is 3. The van der Waals surface area contributed by atoms with E-state index in [1.165, 1.54) is 18.1 Å². The van der Waals surface area contributed by atoms with Crippen molar-refractivity contribution in [3.05, 3.63) is 24.2 Å². The highest BCUT2D eigenvalue weighted by molar-refractivity contribution is 7.91. The van der Waals surface area contributed by atoms with E-state index < -0.39 is 15.9 Å². The number of hydrogen-bond acceptors (Lipinski definition) is 6. The fourth-order valence-electron chi connectivity index (χ4n) is 3.48. The maximum absolute atomic E-state index is 12.6. The van der Waals surface area contributed by atoms with Crippen molar-refractivity contribution in [3.8, 4) is 0 Å². The Morgan fingerprint density at radius 1 is 1.19 bits per heavy atom. The van der Waals surface area contributed by atoms with Crippen LogP contribution in [-0.4, -0.2) is 91.1 Å². The summed E-state index contributed by atoms with van der Waals surface area (Å²) in [6, 6.07) is 2.80. The van der Waals surface area contributed by atoms with Crippen molar-refractivity contribution in [2.75, 3.05) is 44.2 Å². The minimum absolute atomic E-state index is 0.0448. The highest BCUT2D eigenvalue weighted by Gasteiger charge is 2.35. The van der Waals surface area contributed by atoms with Crippen LogP contribution in [0.5, 0.6) is 0 Å². The van der Waals surface area contributed by atoms with E-state index in [9.17, 15) is 22.8 Å². The molecule has 1 atom stereocenters. The van der Waals surface area contributed by atoms with Gasteiger partial charge in [0.1, 0.15) is 6.54 Å². The van der Waals surface area contributed by atoms with Gasteiger partial charge in [-0.15, -0.1) is 0 Å². The zero-order valence-corrected chi connectivity index (χ0v) is 16.0. The monoisotopic (exact) mass is 397 g/mol. The summed E-state index contributed by atoms with van der Waals surface area (Å²) >= 11 is 0. The Hall–Kier alpha value is -2.36. The zero-order valence-electron chi connectivity index (χ0n) is 15.2. The molecule has 2 fully saturated rings. The largest absolute Gasteiger partial charge is 0.459 e. The quantitative estimate of drug-likeness (QED) is 0.684. The van der Waals surface area contributed by atoms with E-state index in [4.69, 9.17) is 4.42 Å². The van der Waals surface area contributed by atoms with Gasteiger partial charge in [-0.2, -0.15) is 0 Å². The second kappa shape index (κ2) is 7.71. The van der Waals surface area contributed by atoms with Crippen LogP contribution in [0.15, 0.2) is 22.8 Å². The van der Waals surface area contributed by atoms with Gasteiger partial charge in [-0.3, -0.25) is 14.4 Å². The second-order valence-electron chi connectivity index (χ2n) is 6.85. The normalized spacial score (nSPS) is 21.9. The summed E-state index contributed by atoms with van der Waals surface area (Å²) in [5.74, 6) is -0.542. The van der Waals surface area contributed by atoms with Gasteiger partial charge in [0.25, 0.3) is 5.91 Å². The van der Waals surface area contributed by atoms with Crippen LogP contribution in [0.4, 0.5) is 0 Å². The molecule has 148 valence electrons. The Kier molecular flexibility index (Phi) is 5.54. The molecule has 2 saturated heterocycles. The Balaban J connectivity index is 1.55. The van der Waals surface area contributed by atoms with Crippen LogP contribution >= 0.6 is 0 Å². The SMILES string of the molecule is CC(=O)N(CC(=O)N1CCN(C(=O)c2ccco2)CC1)C1CCS(=O)(=O)C1. The van der Waals surface area contributed by atoms with E-state index in [0.717, 1.165) is 0 Å². The van der Waals surface area contributed by atoms with Crippen molar-refractivity contribution in [3.63, 3.8) is 0 Å². The molecule has 0 saturated carbocycles. The third kappa shape index (κ3) is 4.49. The van der Waals surface area contributed by atoms with Gasteiger partial charge in [0, 0.05) is 39.1 Å². The van der Waals surface area contributed by atoms with Gasteiger partial charge in [-0.25, -0.2) is 8.42 Å². The van der Waals surface area contributed by atoms with E-state index in [2.05, 4.69) is 0 Å². The lowest BCUT2D eigenvalue weighted by atomic mass is 10.2. The minimum atomic E-state index is -3.14. The van der Waals surface area contributed by atoms with Gasteiger partial charge in [0.15, 0.2) is 15.6 Å². The van der Waals surface area contributed by atoms with Crippen molar-refractivity contribution in [2.45, 2.75) is 19.4 Å². The smallest absolute Gasteiger partial charge is 0.289 e. The summed E-state index contributed by atoms with van der Waals surface area (Å²) in [4.78, 5) is 41.4. The first kappa shape index (κ1) is 19.4. The van der Waals surface area contributed by atoms with Gasteiger partial charge in [0.2, 0.25) is 11.8 Å². The number of carbonyl (C=O) groups is 3. The molecule has 3 heterocycles. The van der Waals surface area contributed by atoms with Gasteiger partial charge in [-0.1, -0.05) is 0 Å². The molecular weight excluding hydrogens is 374 g/mol. The molecule has 1 unspecified atom stereocenters. The van der Waals surface area contributed by atoms with Crippen LogP contribution in [0.1, 0.15) is 23.9 Å². The lowest BCUT2D eigenvalue weighted by Gasteiger charge is -2.36. The van der Waals surface area contributed by atoms with Crippen molar-refractivity contribution < 1.29 is 27.2 Å². The third-order valence-electron chi connectivity index (χ3n) is 5.01. The summed E-state index contributed by atoms with van der Waals surface area (Å²) in [6.45, 7) is 2.69. The van der Waals surface area contributed by atoms with Crippen LogP contribution in [0.3, 0.4) is 0 Å². The first-order valence-corrected chi connectivity index (χ1v) is 10.7. The molecule has 0 N–H and O–H groups in total. The molecule has 0 bridgehead atoms. The standard InChI is InChI=1S/C17H23N3O6S/c1-13(21)20(14-4-10-27(24,25)12-14)11-16(22)18-5-7-19(8-6-18)17(23)15-3-2-9-26-15/h2-3,9,14H,4-8,10-12H2,1H3. The number of hydrogen-bond donors (Lipinski definition) is 0. The number of sulfone groups is 1. The molecule has 3 amide bonds. The fraction of sp³-hybridized carbons (Fsp3) is 0.588. The maximum Gasteiger partial charge on any atom is 0.289 e. The molecule has 0 aliphatic carbocycles. The molecule has 1 aromatic rings. The van der Waals surface area contributed by atoms with Crippen LogP contribution < -0.4 is 0 Å². The molecule has 2 aliphatic heterocycles. The highest BCUT2D eigenvalue weighted by atomic mass is 32.2. The minimum Gasteiger partial charge on any atom is -0.459 e. The molecular formula is C17H23N3O6S. The Bertz CT molecular complexity index is 812. The number of carbonyl (C=O) groups excluding carboxylic acids is 3. The Morgan fingerprint density at radius 2 is 1.85 bits per heavy atom.